The summed E-state index contributed by atoms with van der Waals surface area (Å²) in [4.78, 5) is 0.121. The van der Waals surface area contributed by atoms with Crippen molar-refractivity contribution in [2.75, 3.05) is 0 Å². The Morgan fingerprint density at radius 3 is 2.47 bits per heavy atom. The molecule has 2 aromatic rings. The van der Waals surface area contributed by atoms with E-state index in [2.05, 4.69) is 5.32 Å². The third-order valence-electron chi connectivity index (χ3n) is 2.83. The molecule has 1 aromatic heterocycles. The first-order chi connectivity index (χ1) is 8.97. The lowest BCUT2D eigenvalue weighted by Crippen LogP contribution is -2.17. The van der Waals surface area contributed by atoms with Crippen molar-refractivity contribution in [2.24, 2.45) is 5.14 Å². The number of furan rings is 1. The van der Waals surface area contributed by atoms with E-state index in [1.54, 1.807) is 18.4 Å². The molecule has 0 fully saturated rings. The molecular formula is C13H16N2O3S. The Hall–Kier alpha value is -1.63. The highest BCUT2D eigenvalue weighted by Crippen LogP contribution is 2.14. The summed E-state index contributed by atoms with van der Waals surface area (Å²) in [6, 6.07) is 10.3. The zero-order valence-electron chi connectivity index (χ0n) is 10.5. The number of primary sulfonamides is 1. The number of sulfonamides is 1. The molecule has 2 rings (SSSR count). The van der Waals surface area contributed by atoms with E-state index < -0.39 is 10.0 Å². The maximum Gasteiger partial charge on any atom is 0.238 e. The highest BCUT2D eigenvalue weighted by atomic mass is 32.2. The smallest absolute Gasteiger partial charge is 0.238 e. The molecule has 6 heteroatoms. The minimum absolute atomic E-state index is 0.0907. The summed E-state index contributed by atoms with van der Waals surface area (Å²) in [5.74, 6) is 0.862. The molecule has 19 heavy (non-hydrogen) atoms. The second-order valence-electron chi connectivity index (χ2n) is 4.31. The highest BCUT2D eigenvalue weighted by Gasteiger charge is 2.09. The molecule has 0 saturated heterocycles. The molecule has 1 unspecified atom stereocenters. The van der Waals surface area contributed by atoms with Crippen LogP contribution in [0.25, 0.3) is 0 Å². The monoisotopic (exact) mass is 280 g/mol. The van der Waals surface area contributed by atoms with Crippen LogP contribution >= 0.6 is 0 Å². The summed E-state index contributed by atoms with van der Waals surface area (Å²) in [7, 11) is -3.62. The van der Waals surface area contributed by atoms with Crippen molar-refractivity contribution in [3.63, 3.8) is 0 Å². The van der Waals surface area contributed by atoms with Gasteiger partial charge in [-0.25, -0.2) is 13.6 Å². The Bertz CT molecular complexity index is 618. The second kappa shape index (κ2) is 5.56. The van der Waals surface area contributed by atoms with Gasteiger partial charge < -0.3 is 9.73 Å². The molecule has 0 aliphatic carbocycles. The molecule has 0 amide bonds. The molecule has 0 bridgehead atoms. The van der Waals surface area contributed by atoms with E-state index in [-0.39, 0.29) is 10.9 Å². The zero-order valence-corrected chi connectivity index (χ0v) is 11.4. The SMILES string of the molecule is CC(NCc1ccc(S(N)(=O)=O)cc1)c1ccco1. The molecule has 102 valence electrons. The van der Waals surface area contributed by atoms with Crippen LogP contribution in [0.2, 0.25) is 0 Å². The lowest BCUT2D eigenvalue weighted by molar-refractivity contribution is 0.430. The van der Waals surface area contributed by atoms with Crippen LogP contribution in [0.3, 0.4) is 0 Å². The molecular weight excluding hydrogens is 264 g/mol. The van der Waals surface area contributed by atoms with Crippen LogP contribution in [0.4, 0.5) is 0 Å². The maximum atomic E-state index is 11.1. The van der Waals surface area contributed by atoms with Crippen molar-refractivity contribution in [2.45, 2.75) is 24.4 Å². The molecule has 0 aliphatic rings. The zero-order chi connectivity index (χ0) is 13.9. The van der Waals surface area contributed by atoms with Crippen molar-refractivity contribution in [3.8, 4) is 0 Å². The van der Waals surface area contributed by atoms with E-state index >= 15 is 0 Å². The van der Waals surface area contributed by atoms with E-state index in [1.165, 1.54) is 12.1 Å². The van der Waals surface area contributed by atoms with E-state index in [0.717, 1.165) is 11.3 Å². The van der Waals surface area contributed by atoms with Gasteiger partial charge >= 0.3 is 0 Å². The van der Waals surface area contributed by atoms with Gasteiger partial charge in [-0.1, -0.05) is 12.1 Å². The number of rotatable bonds is 5. The average Bonchev–Trinajstić information content (AvgIpc) is 2.89. The van der Waals surface area contributed by atoms with Gasteiger partial charge in [-0.3, -0.25) is 0 Å². The lowest BCUT2D eigenvalue weighted by Gasteiger charge is -2.11. The molecule has 1 aromatic carbocycles. The van der Waals surface area contributed by atoms with Crippen molar-refractivity contribution < 1.29 is 12.8 Å². The van der Waals surface area contributed by atoms with Crippen LogP contribution in [-0.2, 0) is 16.6 Å². The quantitative estimate of drug-likeness (QED) is 0.874. The Morgan fingerprint density at radius 1 is 1.26 bits per heavy atom. The van der Waals surface area contributed by atoms with Gasteiger partial charge in [0.05, 0.1) is 17.2 Å². The standard InChI is InChI=1S/C13H16N2O3S/c1-10(13-3-2-8-18-13)15-9-11-4-6-12(7-5-11)19(14,16)17/h2-8,10,15H,9H2,1H3,(H2,14,16,17). The minimum atomic E-state index is -3.62. The van der Waals surface area contributed by atoms with E-state index in [4.69, 9.17) is 9.56 Å². The van der Waals surface area contributed by atoms with Crippen molar-refractivity contribution in [3.05, 3.63) is 54.0 Å². The van der Waals surface area contributed by atoms with Gasteiger partial charge in [-0.2, -0.15) is 0 Å². The van der Waals surface area contributed by atoms with Crippen LogP contribution < -0.4 is 10.5 Å². The van der Waals surface area contributed by atoms with Crippen LogP contribution in [0, 0.1) is 0 Å². The normalized spacial score (nSPS) is 13.4. The molecule has 1 heterocycles. The van der Waals surface area contributed by atoms with E-state index in [0.29, 0.717) is 6.54 Å². The van der Waals surface area contributed by atoms with Gasteiger partial charge in [-0.05, 0) is 36.8 Å². The number of hydrogen-bond donors (Lipinski definition) is 2. The third kappa shape index (κ3) is 3.66. The molecule has 3 N–H and O–H groups in total. The van der Waals surface area contributed by atoms with Crippen molar-refractivity contribution >= 4 is 10.0 Å². The summed E-state index contributed by atoms with van der Waals surface area (Å²) in [6.07, 6.45) is 1.63. The van der Waals surface area contributed by atoms with Crippen LogP contribution in [-0.4, -0.2) is 8.42 Å². The van der Waals surface area contributed by atoms with Crippen LogP contribution in [0.5, 0.6) is 0 Å². The first-order valence-corrected chi connectivity index (χ1v) is 7.40. The summed E-state index contributed by atoms with van der Waals surface area (Å²) in [5.41, 5.74) is 0.978. The predicted molar refractivity (Wildman–Crippen MR) is 71.8 cm³/mol. The highest BCUT2D eigenvalue weighted by molar-refractivity contribution is 7.89. The topological polar surface area (TPSA) is 85.3 Å². The molecule has 1 atom stereocenters. The van der Waals surface area contributed by atoms with Gasteiger partial charge in [0.2, 0.25) is 10.0 Å². The molecule has 5 nitrogen and oxygen atoms in total. The van der Waals surface area contributed by atoms with Crippen molar-refractivity contribution in [1.82, 2.24) is 5.32 Å². The lowest BCUT2D eigenvalue weighted by atomic mass is 10.2. The number of hydrogen-bond acceptors (Lipinski definition) is 4. The summed E-state index contributed by atoms with van der Waals surface area (Å²) < 4.78 is 27.5. The number of benzene rings is 1. The van der Waals surface area contributed by atoms with Crippen LogP contribution in [0.1, 0.15) is 24.3 Å². The largest absolute Gasteiger partial charge is 0.468 e. The molecule has 0 saturated carbocycles. The second-order valence-corrected chi connectivity index (χ2v) is 5.87. The fourth-order valence-corrected chi connectivity index (χ4v) is 2.22. The fraction of sp³-hybridized carbons (Fsp3) is 0.231. The first-order valence-electron chi connectivity index (χ1n) is 5.85. The Kier molecular flexibility index (Phi) is 4.04. The van der Waals surface area contributed by atoms with Gasteiger partial charge in [-0.15, -0.1) is 0 Å². The van der Waals surface area contributed by atoms with E-state index in [9.17, 15) is 8.42 Å². The number of nitrogens with one attached hydrogen (secondary N) is 1. The van der Waals surface area contributed by atoms with Gasteiger partial charge in [0.25, 0.3) is 0 Å². The first kappa shape index (κ1) is 13.8. The third-order valence-corrected chi connectivity index (χ3v) is 3.76. The summed E-state index contributed by atoms with van der Waals surface area (Å²) in [6.45, 7) is 2.62. The Labute approximate surface area is 112 Å². The predicted octanol–water partition coefficient (Wildman–Crippen LogP) is 1.78. The van der Waals surface area contributed by atoms with E-state index in [1.807, 2.05) is 19.1 Å². The Balaban J connectivity index is 1.97. The average molecular weight is 280 g/mol. The number of nitrogens with two attached hydrogens (primary N) is 1. The van der Waals surface area contributed by atoms with Gasteiger partial charge in [0.15, 0.2) is 0 Å². The summed E-state index contributed by atoms with van der Waals surface area (Å²) >= 11 is 0. The Morgan fingerprint density at radius 2 is 1.95 bits per heavy atom. The molecule has 0 radical (unpaired) electrons. The fourth-order valence-electron chi connectivity index (χ4n) is 1.71. The van der Waals surface area contributed by atoms with Gasteiger partial charge in [0, 0.05) is 6.54 Å². The summed E-state index contributed by atoms with van der Waals surface area (Å²) in [5, 5.41) is 8.32. The maximum absolute atomic E-state index is 11.1. The molecule has 0 aliphatic heterocycles. The van der Waals surface area contributed by atoms with Crippen molar-refractivity contribution in [1.29, 1.82) is 0 Å². The van der Waals surface area contributed by atoms with Crippen LogP contribution in [0.15, 0.2) is 52.0 Å². The minimum Gasteiger partial charge on any atom is -0.468 e. The molecule has 0 spiro atoms. The van der Waals surface area contributed by atoms with Gasteiger partial charge in [0.1, 0.15) is 5.76 Å².